The molecule has 160 valence electrons. The van der Waals surface area contributed by atoms with Crippen LogP contribution in [-0.4, -0.2) is 41.4 Å². The lowest BCUT2D eigenvalue weighted by Crippen LogP contribution is -2.31. The molecule has 3 rings (SSSR count). The number of thiocarbonyl (C=S) groups is 1. The van der Waals surface area contributed by atoms with Crippen molar-refractivity contribution in [3.8, 4) is 5.75 Å². The van der Waals surface area contributed by atoms with Crippen LogP contribution in [0.2, 0.25) is 0 Å². The summed E-state index contributed by atoms with van der Waals surface area (Å²) in [4.78, 5) is 27.1. The molecule has 1 amide bonds. The SMILES string of the molecule is COCCN1C(=O)/C(=C/c2ccc(OC(=O)C3C(C=C(Cl)Cl)C3(C)C)cc2)SC1=S. The average molecular weight is 486 g/mol. The van der Waals surface area contributed by atoms with Gasteiger partial charge in [0, 0.05) is 7.11 Å². The van der Waals surface area contributed by atoms with Gasteiger partial charge < -0.3 is 9.47 Å². The zero-order chi connectivity index (χ0) is 22.1. The number of benzene rings is 1. The molecule has 1 aliphatic carbocycles. The van der Waals surface area contributed by atoms with Crippen LogP contribution in [0.25, 0.3) is 6.08 Å². The minimum absolute atomic E-state index is 0.0469. The summed E-state index contributed by atoms with van der Waals surface area (Å²) in [6.07, 6.45) is 3.45. The van der Waals surface area contributed by atoms with Gasteiger partial charge in [-0.2, -0.15) is 0 Å². The molecule has 2 fully saturated rings. The number of hydrogen-bond acceptors (Lipinski definition) is 6. The zero-order valence-corrected chi connectivity index (χ0v) is 19.8. The predicted octanol–water partition coefficient (Wildman–Crippen LogP) is 5.03. The molecular formula is C21H21Cl2NO4S2. The number of amides is 1. The number of carbonyl (C=O) groups excluding carboxylic acids is 2. The quantitative estimate of drug-likeness (QED) is 0.233. The summed E-state index contributed by atoms with van der Waals surface area (Å²) in [6.45, 7) is 4.80. The molecule has 0 radical (unpaired) electrons. The highest BCUT2D eigenvalue weighted by Gasteiger charge is 2.61. The molecule has 1 aromatic carbocycles. The summed E-state index contributed by atoms with van der Waals surface area (Å²) >= 11 is 18.0. The molecule has 1 aliphatic heterocycles. The highest BCUT2D eigenvalue weighted by atomic mass is 35.5. The van der Waals surface area contributed by atoms with Gasteiger partial charge in [-0.25, -0.2) is 0 Å². The summed E-state index contributed by atoms with van der Waals surface area (Å²) in [7, 11) is 1.58. The second kappa shape index (κ2) is 9.40. The van der Waals surface area contributed by atoms with Crippen molar-refractivity contribution in [1.29, 1.82) is 0 Å². The maximum Gasteiger partial charge on any atom is 0.315 e. The molecule has 1 heterocycles. The van der Waals surface area contributed by atoms with E-state index in [2.05, 4.69) is 0 Å². The van der Waals surface area contributed by atoms with Gasteiger partial charge in [0.2, 0.25) is 0 Å². The Hall–Kier alpha value is -1.38. The summed E-state index contributed by atoms with van der Waals surface area (Å²) in [5.74, 6) is -0.354. The third-order valence-corrected chi connectivity index (χ3v) is 6.89. The van der Waals surface area contributed by atoms with Crippen molar-refractivity contribution in [2.45, 2.75) is 13.8 Å². The lowest BCUT2D eigenvalue weighted by molar-refractivity contribution is -0.136. The molecule has 9 heteroatoms. The van der Waals surface area contributed by atoms with Crippen molar-refractivity contribution < 1.29 is 19.1 Å². The maximum atomic E-state index is 12.5. The van der Waals surface area contributed by atoms with Crippen LogP contribution < -0.4 is 4.74 Å². The van der Waals surface area contributed by atoms with E-state index in [0.29, 0.717) is 28.1 Å². The first-order chi connectivity index (χ1) is 14.1. The Kier molecular flexibility index (Phi) is 7.30. The van der Waals surface area contributed by atoms with Gasteiger partial charge in [-0.05, 0) is 41.2 Å². The minimum Gasteiger partial charge on any atom is -0.426 e. The molecule has 0 bridgehead atoms. The van der Waals surface area contributed by atoms with Crippen LogP contribution >= 0.6 is 47.2 Å². The summed E-state index contributed by atoms with van der Waals surface area (Å²) in [5, 5.41) is 0. The Morgan fingerprint density at radius 3 is 2.57 bits per heavy atom. The van der Waals surface area contributed by atoms with Crippen molar-refractivity contribution in [3.05, 3.63) is 45.3 Å². The van der Waals surface area contributed by atoms with E-state index in [1.54, 1.807) is 43.5 Å². The molecule has 1 aromatic rings. The molecule has 0 aromatic heterocycles. The van der Waals surface area contributed by atoms with Crippen molar-refractivity contribution >= 4 is 69.5 Å². The van der Waals surface area contributed by atoms with Gasteiger partial charge >= 0.3 is 5.97 Å². The fourth-order valence-corrected chi connectivity index (χ4v) is 4.99. The van der Waals surface area contributed by atoms with Crippen molar-refractivity contribution in [3.63, 3.8) is 0 Å². The molecule has 0 N–H and O–H groups in total. The zero-order valence-electron chi connectivity index (χ0n) is 16.7. The van der Waals surface area contributed by atoms with Gasteiger partial charge in [-0.3, -0.25) is 14.5 Å². The molecule has 2 aliphatic rings. The van der Waals surface area contributed by atoms with Crippen LogP contribution in [0.4, 0.5) is 0 Å². The van der Waals surface area contributed by atoms with E-state index in [-0.39, 0.29) is 33.6 Å². The molecule has 1 saturated carbocycles. The molecule has 2 unspecified atom stereocenters. The molecule has 1 saturated heterocycles. The first kappa shape index (κ1) is 23.3. The van der Waals surface area contributed by atoms with E-state index in [0.717, 1.165) is 5.56 Å². The number of allylic oxidation sites excluding steroid dienone is 1. The molecule has 0 spiro atoms. The molecule has 5 nitrogen and oxygen atoms in total. The molecule has 2 atom stereocenters. The fraction of sp³-hybridized carbons (Fsp3) is 0.381. The van der Waals surface area contributed by atoms with Crippen LogP contribution in [0.5, 0.6) is 5.75 Å². The van der Waals surface area contributed by atoms with Gasteiger partial charge in [0.25, 0.3) is 5.91 Å². The molecular weight excluding hydrogens is 465 g/mol. The van der Waals surface area contributed by atoms with Gasteiger partial charge in [0.05, 0.1) is 24.0 Å². The summed E-state index contributed by atoms with van der Waals surface area (Å²) in [6, 6.07) is 6.97. The van der Waals surface area contributed by atoms with Crippen LogP contribution in [0.15, 0.2) is 39.7 Å². The topological polar surface area (TPSA) is 55.8 Å². The number of methoxy groups -OCH3 is 1. The fourth-order valence-electron chi connectivity index (χ4n) is 3.41. The standard InChI is InChI=1S/C21H21Cl2NO4S2/c1-21(2)14(11-16(22)23)17(21)19(26)28-13-6-4-12(5-7-13)10-15-18(25)24(8-9-27-3)20(29)30-15/h4-7,10-11,14,17H,8-9H2,1-3H3/b15-10-. The minimum atomic E-state index is -0.317. The van der Waals surface area contributed by atoms with Gasteiger partial charge in [0.15, 0.2) is 0 Å². The van der Waals surface area contributed by atoms with Crippen molar-refractivity contribution in [2.24, 2.45) is 17.3 Å². The van der Waals surface area contributed by atoms with E-state index >= 15 is 0 Å². The highest BCUT2D eigenvalue weighted by Crippen LogP contribution is 2.60. The Bertz CT molecular complexity index is 923. The van der Waals surface area contributed by atoms with Gasteiger partial charge in [-0.1, -0.05) is 73.2 Å². The second-order valence-corrected chi connectivity index (χ2v) is 10.3. The Labute approximate surface area is 195 Å². The van der Waals surface area contributed by atoms with Crippen LogP contribution in [-0.2, 0) is 14.3 Å². The highest BCUT2D eigenvalue weighted by molar-refractivity contribution is 8.26. The third-order valence-electron chi connectivity index (χ3n) is 5.26. The van der Waals surface area contributed by atoms with E-state index < -0.39 is 0 Å². The van der Waals surface area contributed by atoms with Gasteiger partial charge in [-0.15, -0.1) is 0 Å². The number of halogens is 2. The number of thioether (sulfide) groups is 1. The van der Waals surface area contributed by atoms with Crippen LogP contribution in [0, 0.1) is 17.3 Å². The number of rotatable bonds is 7. The van der Waals surface area contributed by atoms with Crippen molar-refractivity contribution in [1.82, 2.24) is 4.90 Å². The van der Waals surface area contributed by atoms with E-state index in [9.17, 15) is 9.59 Å². The Morgan fingerprint density at radius 1 is 1.30 bits per heavy atom. The second-order valence-electron chi connectivity index (χ2n) is 7.60. The third kappa shape index (κ3) is 5.08. The maximum absolute atomic E-state index is 12.5. The number of nitrogens with zero attached hydrogens (tertiary/aromatic N) is 1. The monoisotopic (exact) mass is 485 g/mol. The number of esters is 1. The first-order valence-corrected chi connectivity index (χ1v) is 11.2. The summed E-state index contributed by atoms with van der Waals surface area (Å²) < 4.78 is 11.2. The number of ether oxygens (including phenoxy) is 2. The smallest absolute Gasteiger partial charge is 0.315 e. The molecule has 30 heavy (non-hydrogen) atoms. The summed E-state index contributed by atoms with van der Waals surface area (Å²) in [5.41, 5.74) is 0.562. The normalized spacial score (nSPS) is 23.6. The predicted molar refractivity (Wildman–Crippen MR) is 124 cm³/mol. The number of hydrogen-bond donors (Lipinski definition) is 0. The Balaban J connectivity index is 1.64. The lowest BCUT2D eigenvalue weighted by atomic mass is 10.1. The first-order valence-electron chi connectivity index (χ1n) is 9.24. The van der Waals surface area contributed by atoms with Crippen LogP contribution in [0.1, 0.15) is 19.4 Å². The average Bonchev–Trinajstić information content (AvgIpc) is 3.10. The van der Waals surface area contributed by atoms with Crippen LogP contribution in [0.3, 0.4) is 0 Å². The largest absolute Gasteiger partial charge is 0.426 e. The van der Waals surface area contributed by atoms with Gasteiger partial charge in [0.1, 0.15) is 14.6 Å². The van der Waals surface area contributed by atoms with E-state index in [1.807, 2.05) is 13.8 Å². The lowest BCUT2D eigenvalue weighted by Gasteiger charge is -2.12. The van der Waals surface area contributed by atoms with E-state index in [4.69, 9.17) is 44.9 Å². The Morgan fingerprint density at radius 2 is 1.97 bits per heavy atom. The number of carbonyl (C=O) groups is 2. The van der Waals surface area contributed by atoms with E-state index in [1.165, 1.54) is 16.7 Å². The van der Waals surface area contributed by atoms with Crippen molar-refractivity contribution in [2.75, 3.05) is 20.3 Å².